The maximum Gasteiger partial charge on any atom is 0.292 e. The summed E-state index contributed by atoms with van der Waals surface area (Å²) in [4.78, 5) is 11.1. The number of allylic oxidation sites excluding steroid dienone is 2. The van der Waals surface area contributed by atoms with Gasteiger partial charge in [-0.05, 0) is 30.4 Å². The Kier molecular flexibility index (Phi) is 3.18. The maximum atomic E-state index is 11.4. The predicted octanol–water partition coefficient (Wildman–Crippen LogP) is 4.73. The van der Waals surface area contributed by atoms with Crippen molar-refractivity contribution >= 4 is 11.4 Å². The van der Waals surface area contributed by atoms with Crippen LogP contribution in [-0.4, -0.2) is 4.92 Å². The van der Waals surface area contributed by atoms with Gasteiger partial charge in [0.2, 0.25) is 0 Å². The van der Waals surface area contributed by atoms with Crippen molar-refractivity contribution in [2.75, 3.05) is 5.32 Å². The lowest BCUT2D eigenvalue weighted by molar-refractivity contribution is -0.384. The molecule has 0 spiro atoms. The van der Waals surface area contributed by atoms with Gasteiger partial charge in [-0.3, -0.25) is 10.1 Å². The van der Waals surface area contributed by atoms with Gasteiger partial charge in [0, 0.05) is 12.0 Å². The summed E-state index contributed by atoms with van der Waals surface area (Å²) < 4.78 is 0. The second-order valence-corrected chi connectivity index (χ2v) is 6.38. The molecule has 1 aliphatic heterocycles. The van der Waals surface area contributed by atoms with Gasteiger partial charge in [0.15, 0.2) is 0 Å². The molecular weight excluding hydrogens is 288 g/mol. The van der Waals surface area contributed by atoms with Crippen LogP contribution < -0.4 is 5.32 Å². The van der Waals surface area contributed by atoms with Crippen molar-refractivity contribution in [1.82, 2.24) is 0 Å². The predicted molar refractivity (Wildman–Crippen MR) is 90.6 cm³/mol. The van der Waals surface area contributed by atoms with E-state index in [1.807, 2.05) is 6.07 Å². The van der Waals surface area contributed by atoms with Crippen molar-refractivity contribution < 1.29 is 4.92 Å². The van der Waals surface area contributed by atoms with E-state index >= 15 is 0 Å². The number of hydrogen-bond acceptors (Lipinski definition) is 3. The molecule has 4 nitrogen and oxygen atoms in total. The molecule has 4 heteroatoms. The first-order valence-electron chi connectivity index (χ1n) is 7.92. The van der Waals surface area contributed by atoms with Crippen LogP contribution in [-0.2, 0) is 0 Å². The van der Waals surface area contributed by atoms with Crippen molar-refractivity contribution in [2.24, 2.45) is 5.92 Å². The summed E-state index contributed by atoms with van der Waals surface area (Å²) in [5.74, 6) is 0.657. The number of benzene rings is 2. The first-order valence-corrected chi connectivity index (χ1v) is 7.92. The second-order valence-electron chi connectivity index (χ2n) is 6.38. The van der Waals surface area contributed by atoms with E-state index < -0.39 is 0 Å². The third-order valence-corrected chi connectivity index (χ3v) is 5.01. The van der Waals surface area contributed by atoms with Crippen LogP contribution in [0.2, 0.25) is 0 Å². The number of nitro benzene ring substituents is 1. The highest BCUT2D eigenvalue weighted by molar-refractivity contribution is 5.71. The van der Waals surface area contributed by atoms with Crippen LogP contribution in [0.25, 0.3) is 0 Å². The molecule has 1 N–H and O–H groups in total. The fourth-order valence-electron chi connectivity index (χ4n) is 3.86. The maximum absolute atomic E-state index is 11.4. The number of nitro groups is 1. The van der Waals surface area contributed by atoms with Crippen LogP contribution in [0, 0.1) is 23.0 Å². The lowest BCUT2D eigenvalue weighted by atomic mass is 9.76. The Labute approximate surface area is 135 Å². The van der Waals surface area contributed by atoms with Gasteiger partial charge in [-0.15, -0.1) is 0 Å². The minimum Gasteiger partial charge on any atom is -0.372 e. The molecule has 0 saturated heterocycles. The molecule has 1 aliphatic carbocycles. The SMILES string of the molecule is Cc1ccc(C2Nc3c(cccc3[N+](=O)[O-])C3C=CCC32)cc1. The number of anilines is 1. The van der Waals surface area contributed by atoms with E-state index in [-0.39, 0.29) is 22.6 Å². The van der Waals surface area contributed by atoms with Gasteiger partial charge >= 0.3 is 0 Å². The topological polar surface area (TPSA) is 55.2 Å². The molecule has 116 valence electrons. The largest absolute Gasteiger partial charge is 0.372 e. The van der Waals surface area contributed by atoms with Crippen molar-refractivity contribution in [3.8, 4) is 0 Å². The molecule has 4 rings (SSSR count). The van der Waals surface area contributed by atoms with Crippen molar-refractivity contribution in [3.63, 3.8) is 0 Å². The standard InChI is InChI=1S/C19H18N2O2/c1-12-8-10-13(11-9-12)18-15-5-2-4-14(15)16-6-3-7-17(21(22)23)19(16)20-18/h2-4,6-11,14-15,18,20H,5H2,1H3. The zero-order chi connectivity index (χ0) is 16.0. The third kappa shape index (κ3) is 2.22. The summed E-state index contributed by atoms with van der Waals surface area (Å²) in [6.45, 7) is 2.07. The van der Waals surface area contributed by atoms with Gasteiger partial charge < -0.3 is 5.32 Å². The summed E-state index contributed by atoms with van der Waals surface area (Å²) in [6.07, 6.45) is 5.40. The Bertz CT molecular complexity index is 796. The molecule has 2 aromatic carbocycles. The minimum atomic E-state index is -0.295. The van der Waals surface area contributed by atoms with E-state index in [1.54, 1.807) is 12.1 Å². The Morgan fingerprint density at radius 1 is 1.17 bits per heavy atom. The first kappa shape index (κ1) is 14.0. The van der Waals surface area contributed by atoms with Gasteiger partial charge in [-0.2, -0.15) is 0 Å². The number of aryl methyl sites for hydroxylation is 1. The van der Waals surface area contributed by atoms with Crippen molar-refractivity contribution in [1.29, 1.82) is 0 Å². The highest BCUT2D eigenvalue weighted by Gasteiger charge is 2.40. The van der Waals surface area contributed by atoms with E-state index in [1.165, 1.54) is 11.1 Å². The van der Waals surface area contributed by atoms with Crippen LogP contribution in [0.1, 0.15) is 35.1 Å². The molecule has 3 atom stereocenters. The third-order valence-electron chi connectivity index (χ3n) is 5.01. The van der Waals surface area contributed by atoms with Crippen LogP contribution in [0.5, 0.6) is 0 Å². The minimum absolute atomic E-state index is 0.101. The summed E-state index contributed by atoms with van der Waals surface area (Å²) in [5, 5.41) is 14.9. The van der Waals surface area contributed by atoms with Crippen molar-refractivity contribution in [2.45, 2.75) is 25.3 Å². The van der Waals surface area contributed by atoms with Crippen LogP contribution in [0.3, 0.4) is 0 Å². The normalized spacial score (nSPS) is 24.7. The summed E-state index contributed by atoms with van der Waals surface area (Å²) in [7, 11) is 0. The Morgan fingerprint density at radius 2 is 1.96 bits per heavy atom. The Morgan fingerprint density at radius 3 is 2.70 bits per heavy atom. The summed E-state index contributed by atoms with van der Waals surface area (Å²) in [6, 6.07) is 13.9. The molecule has 0 saturated carbocycles. The van der Waals surface area contributed by atoms with E-state index in [2.05, 4.69) is 48.7 Å². The quantitative estimate of drug-likeness (QED) is 0.496. The fourth-order valence-corrected chi connectivity index (χ4v) is 3.86. The molecule has 2 aromatic rings. The smallest absolute Gasteiger partial charge is 0.292 e. The number of rotatable bonds is 2. The molecule has 23 heavy (non-hydrogen) atoms. The van der Waals surface area contributed by atoms with Crippen LogP contribution >= 0.6 is 0 Å². The molecular formula is C19H18N2O2. The number of nitrogens with one attached hydrogen (secondary N) is 1. The molecule has 0 radical (unpaired) electrons. The van der Waals surface area contributed by atoms with E-state index in [0.29, 0.717) is 11.6 Å². The number of hydrogen-bond donors (Lipinski definition) is 1. The number of nitrogens with zero attached hydrogens (tertiary/aromatic N) is 1. The van der Waals surface area contributed by atoms with Crippen molar-refractivity contribution in [3.05, 3.63) is 81.4 Å². The summed E-state index contributed by atoms with van der Waals surface area (Å²) >= 11 is 0. The van der Waals surface area contributed by atoms with Gasteiger partial charge in [-0.25, -0.2) is 0 Å². The highest BCUT2D eigenvalue weighted by Crippen LogP contribution is 2.51. The van der Waals surface area contributed by atoms with Crippen LogP contribution in [0.4, 0.5) is 11.4 Å². The summed E-state index contributed by atoms with van der Waals surface area (Å²) in [5.41, 5.74) is 4.30. The van der Waals surface area contributed by atoms with E-state index in [9.17, 15) is 10.1 Å². The first-order chi connectivity index (χ1) is 11.1. The molecule has 1 heterocycles. The molecule has 0 aromatic heterocycles. The molecule has 0 fully saturated rings. The molecule has 3 unspecified atom stereocenters. The van der Waals surface area contributed by atoms with Gasteiger partial charge in [0.1, 0.15) is 5.69 Å². The lowest BCUT2D eigenvalue weighted by Crippen LogP contribution is -2.29. The number of fused-ring (bicyclic) bond motifs is 3. The second kappa shape index (κ2) is 5.23. The van der Waals surface area contributed by atoms with Gasteiger partial charge in [-0.1, -0.05) is 54.1 Å². The highest BCUT2D eigenvalue weighted by atomic mass is 16.6. The molecule has 2 aliphatic rings. The zero-order valence-corrected chi connectivity index (χ0v) is 12.9. The average molecular weight is 306 g/mol. The average Bonchev–Trinajstić information content (AvgIpc) is 3.04. The zero-order valence-electron chi connectivity index (χ0n) is 12.9. The van der Waals surface area contributed by atoms with E-state index in [4.69, 9.17) is 0 Å². The molecule has 0 bridgehead atoms. The monoisotopic (exact) mass is 306 g/mol. The lowest BCUT2D eigenvalue weighted by Gasteiger charge is -2.37. The van der Waals surface area contributed by atoms with E-state index in [0.717, 1.165) is 12.0 Å². The fraction of sp³-hybridized carbons (Fsp3) is 0.263. The Hall–Kier alpha value is -2.62. The van der Waals surface area contributed by atoms with Gasteiger partial charge in [0.05, 0.1) is 11.0 Å². The van der Waals surface area contributed by atoms with Crippen LogP contribution in [0.15, 0.2) is 54.6 Å². The Balaban J connectivity index is 1.83. The number of para-hydroxylation sites is 1. The molecule has 0 amide bonds. The van der Waals surface area contributed by atoms with Gasteiger partial charge in [0.25, 0.3) is 5.69 Å².